The van der Waals surface area contributed by atoms with Gasteiger partial charge in [-0.05, 0) is 48.6 Å². The zero-order valence-electron chi connectivity index (χ0n) is 14.2. The van der Waals surface area contributed by atoms with Gasteiger partial charge < -0.3 is 11.1 Å². The fourth-order valence-corrected chi connectivity index (χ4v) is 5.28. The largest absolute Gasteiger partial charge is 0.365 e. The predicted molar refractivity (Wildman–Crippen MR) is 99.9 cm³/mol. The van der Waals surface area contributed by atoms with Gasteiger partial charge in [0.05, 0.1) is 5.56 Å². The Morgan fingerprint density at radius 1 is 1.24 bits per heavy atom. The average Bonchev–Trinajstić information content (AvgIpc) is 3.31. The number of nitrogens with one attached hydrogen (secondary N) is 1. The number of benzene rings is 1. The van der Waals surface area contributed by atoms with Crippen molar-refractivity contribution in [2.75, 3.05) is 5.32 Å². The highest BCUT2D eigenvalue weighted by molar-refractivity contribution is 7.17. The van der Waals surface area contributed by atoms with E-state index in [2.05, 4.69) is 24.4 Å². The number of rotatable bonds is 4. The molecule has 3 N–H and O–H groups in total. The first-order chi connectivity index (χ1) is 12.0. The monoisotopic (exact) mass is 354 g/mol. The van der Waals surface area contributed by atoms with Crippen molar-refractivity contribution < 1.29 is 9.59 Å². The minimum Gasteiger partial charge on any atom is -0.365 e. The fraction of sp³-hybridized carbons (Fsp3) is 0.400. The van der Waals surface area contributed by atoms with E-state index in [4.69, 9.17) is 5.73 Å². The highest BCUT2D eigenvalue weighted by Crippen LogP contribution is 2.48. The van der Waals surface area contributed by atoms with Crippen molar-refractivity contribution in [3.05, 3.63) is 51.9 Å². The second-order valence-corrected chi connectivity index (χ2v) is 8.37. The molecule has 2 aliphatic rings. The first-order valence-electron chi connectivity index (χ1n) is 8.84. The van der Waals surface area contributed by atoms with Gasteiger partial charge in [-0.1, -0.05) is 37.3 Å². The molecule has 0 spiro atoms. The number of carbonyl (C=O) groups is 2. The van der Waals surface area contributed by atoms with Crippen molar-refractivity contribution in [1.29, 1.82) is 0 Å². The Balaban J connectivity index is 1.53. The van der Waals surface area contributed by atoms with E-state index in [1.807, 2.05) is 18.2 Å². The minimum absolute atomic E-state index is 0.00278. The number of nitrogens with two attached hydrogens (primary N) is 1. The van der Waals surface area contributed by atoms with E-state index in [0.29, 0.717) is 16.5 Å². The molecule has 0 radical (unpaired) electrons. The van der Waals surface area contributed by atoms with Crippen LogP contribution < -0.4 is 11.1 Å². The first-order valence-corrected chi connectivity index (χ1v) is 9.66. The number of hydrogen-bond donors (Lipinski definition) is 2. The topological polar surface area (TPSA) is 72.2 Å². The molecule has 25 heavy (non-hydrogen) atoms. The van der Waals surface area contributed by atoms with E-state index in [9.17, 15) is 9.59 Å². The molecule has 0 saturated heterocycles. The molecule has 0 aliphatic heterocycles. The molecule has 130 valence electrons. The van der Waals surface area contributed by atoms with Crippen LogP contribution in [0, 0.1) is 11.8 Å². The van der Waals surface area contributed by atoms with E-state index in [1.165, 1.54) is 21.8 Å². The third-order valence-corrected chi connectivity index (χ3v) is 6.52. The lowest BCUT2D eigenvalue weighted by Crippen LogP contribution is -2.20. The van der Waals surface area contributed by atoms with E-state index >= 15 is 0 Å². The van der Waals surface area contributed by atoms with Crippen molar-refractivity contribution in [3.63, 3.8) is 0 Å². The molecule has 4 rings (SSSR count). The van der Waals surface area contributed by atoms with Crippen LogP contribution >= 0.6 is 11.3 Å². The standard InChI is InChI=1S/C20H22N2O2S/c1-11-7-8-13-16(9-11)25-20(17(13)18(21)23)22-19(24)15-10-14(15)12-5-3-2-4-6-12/h2-6,11,14-15H,7-10H2,1H3,(H2,21,23)(H,22,24)/t11-,14+,15-/m0/s1. The van der Waals surface area contributed by atoms with Gasteiger partial charge in [0.25, 0.3) is 5.91 Å². The Labute approximate surface area is 151 Å². The SMILES string of the molecule is C[C@H]1CCc2c(sc(NC(=O)[C@H]3C[C@@H]3c3ccccc3)c2C(N)=O)C1. The van der Waals surface area contributed by atoms with Gasteiger partial charge in [-0.3, -0.25) is 9.59 Å². The summed E-state index contributed by atoms with van der Waals surface area (Å²) in [4.78, 5) is 25.8. The van der Waals surface area contributed by atoms with Crippen molar-refractivity contribution in [3.8, 4) is 0 Å². The summed E-state index contributed by atoms with van der Waals surface area (Å²) < 4.78 is 0. The third-order valence-electron chi connectivity index (χ3n) is 5.35. The second-order valence-electron chi connectivity index (χ2n) is 7.27. The summed E-state index contributed by atoms with van der Waals surface area (Å²) in [5.41, 5.74) is 8.42. The summed E-state index contributed by atoms with van der Waals surface area (Å²) in [5.74, 6) is 0.455. The van der Waals surface area contributed by atoms with Crippen molar-refractivity contribution in [2.24, 2.45) is 17.6 Å². The van der Waals surface area contributed by atoms with Crippen LogP contribution in [0.5, 0.6) is 0 Å². The number of anilines is 1. The van der Waals surface area contributed by atoms with Crippen molar-refractivity contribution in [1.82, 2.24) is 0 Å². The van der Waals surface area contributed by atoms with E-state index in [1.54, 1.807) is 0 Å². The van der Waals surface area contributed by atoms with Crippen LogP contribution in [-0.2, 0) is 17.6 Å². The molecule has 4 nitrogen and oxygen atoms in total. The molecule has 1 fully saturated rings. The van der Waals surface area contributed by atoms with Crippen LogP contribution in [0.25, 0.3) is 0 Å². The molecule has 1 aromatic carbocycles. The quantitative estimate of drug-likeness (QED) is 0.878. The minimum atomic E-state index is -0.433. The molecule has 1 aromatic heterocycles. The van der Waals surface area contributed by atoms with Gasteiger partial charge in [0, 0.05) is 10.8 Å². The molecule has 3 atom stereocenters. The molecule has 1 saturated carbocycles. The van der Waals surface area contributed by atoms with Gasteiger partial charge >= 0.3 is 0 Å². The highest BCUT2D eigenvalue weighted by Gasteiger charge is 2.44. The summed E-state index contributed by atoms with van der Waals surface area (Å²) in [5, 5.41) is 3.65. The molecule has 2 aliphatic carbocycles. The van der Waals surface area contributed by atoms with Crippen LogP contribution in [0.2, 0.25) is 0 Å². The van der Waals surface area contributed by atoms with Gasteiger partial charge in [0.2, 0.25) is 5.91 Å². The summed E-state index contributed by atoms with van der Waals surface area (Å²) in [6, 6.07) is 10.1. The fourth-order valence-electron chi connectivity index (χ4n) is 3.86. The van der Waals surface area contributed by atoms with Gasteiger partial charge in [-0.2, -0.15) is 0 Å². The van der Waals surface area contributed by atoms with Crippen LogP contribution in [-0.4, -0.2) is 11.8 Å². The van der Waals surface area contributed by atoms with E-state index < -0.39 is 5.91 Å². The lowest BCUT2D eigenvalue weighted by molar-refractivity contribution is -0.117. The Bertz CT molecular complexity index is 828. The van der Waals surface area contributed by atoms with Crippen LogP contribution in [0.4, 0.5) is 5.00 Å². The third kappa shape index (κ3) is 3.09. The molecule has 1 heterocycles. The normalized spacial score (nSPS) is 24.4. The number of carbonyl (C=O) groups excluding carboxylic acids is 2. The average molecular weight is 354 g/mol. The van der Waals surface area contributed by atoms with Gasteiger partial charge in [0.1, 0.15) is 5.00 Å². The Kier molecular flexibility index (Phi) is 4.12. The first kappa shape index (κ1) is 16.3. The van der Waals surface area contributed by atoms with E-state index in [0.717, 1.165) is 31.2 Å². The van der Waals surface area contributed by atoms with Crippen LogP contribution in [0.3, 0.4) is 0 Å². The van der Waals surface area contributed by atoms with Crippen LogP contribution in [0.1, 0.15) is 52.0 Å². The Hall–Kier alpha value is -2.14. The summed E-state index contributed by atoms with van der Waals surface area (Å²) in [6.07, 6.45) is 3.77. The lowest BCUT2D eigenvalue weighted by Gasteiger charge is -2.18. The molecule has 5 heteroatoms. The van der Waals surface area contributed by atoms with Crippen molar-refractivity contribution in [2.45, 2.75) is 38.5 Å². The molecule has 2 amide bonds. The maximum absolute atomic E-state index is 12.7. The summed E-state index contributed by atoms with van der Waals surface area (Å²) in [7, 11) is 0. The van der Waals surface area contributed by atoms with Crippen LogP contribution in [0.15, 0.2) is 30.3 Å². The number of thiophene rings is 1. The maximum atomic E-state index is 12.7. The lowest BCUT2D eigenvalue weighted by atomic mass is 9.88. The molecule has 0 bridgehead atoms. The number of hydrogen-bond acceptors (Lipinski definition) is 3. The maximum Gasteiger partial charge on any atom is 0.251 e. The zero-order valence-corrected chi connectivity index (χ0v) is 15.1. The highest BCUT2D eigenvalue weighted by atomic mass is 32.1. The number of primary amides is 1. The van der Waals surface area contributed by atoms with Gasteiger partial charge in [0.15, 0.2) is 0 Å². The zero-order chi connectivity index (χ0) is 17.6. The predicted octanol–water partition coefficient (Wildman–Crippen LogP) is 3.71. The summed E-state index contributed by atoms with van der Waals surface area (Å²) in [6.45, 7) is 2.22. The molecular weight excluding hydrogens is 332 g/mol. The molecular formula is C20H22N2O2S. The Morgan fingerprint density at radius 2 is 2.00 bits per heavy atom. The number of fused-ring (bicyclic) bond motifs is 1. The van der Waals surface area contributed by atoms with Crippen molar-refractivity contribution >= 4 is 28.2 Å². The molecule has 0 unspecified atom stereocenters. The van der Waals surface area contributed by atoms with Gasteiger partial charge in [-0.15, -0.1) is 11.3 Å². The van der Waals surface area contributed by atoms with Gasteiger partial charge in [-0.25, -0.2) is 0 Å². The summed E-state index contributed by atoms with van der Waals surface area (Å²) >= 11 is 1.53. The molecule has 2 aromatic rings. The smallest absolute Gasteiger partial charge is 0.251 e. The Morgan fingerprint density at radius 3 is 2.72 bits per heavy atom. The van der Waals surface area contributed by atoms with E-state index in [-0.39, 0.29) is 17.7 Å². The second kappa shape index (κ2) is 6.30. The number of amides is 2.